The van der Waals surface area contributed by atoms with Gasteiger partial charge in [0, 0.05) is 37.9 Å². The summed E-state index contributed by atoms with van der Waals surface area (Å²) in [6.07, 6.45) is 6.04. The summed E-state index contributed by atoms with van der Waals surface area (Å²) >= 11 is 0. The maximum absolute atomic E-state index is 12.5. The monoisotopic (exact) mass is 374 g/mol. The van der Waals surface area contributed by atoms with Crippen LogP contribution in [-0.2, 0) is 14.3 Å². The predicted octanol–water partition coefficient (Wildman–Crippen LogP) is 3.22. The first kappa shape index (κ1) is 19.7. The minimum absolute atomic E-state index is 0.0253. The molecule has 1 N–H and O–H groups in total. The number of anilines is 1. The van der Waals surface area contributed by atoms with Crippen LogP contribution in [0, 0.1) is 5.92 Å². The first-order valence-corrected chi connectivity index (χ1v) is 10.00. The lowest BCUT2D eigenvalue weighted by atomic mass is 9.91. The Morgan fingerprint density at radius 1 is 1.22 bits per heavy atom. The fourth-order valence-electron chi connectivity index (χ4n) is 3.84. The second-order valence-electron chi connectivity index (χ2n) is 7.44. The molecule has 1 aromatic carbocycles. The number of hydrogen-bond acceptors (Lipinski definition) is 4. The van der Waals surface area contributed by atoms with Crippen molar-refractivity contribution in [3.05, 3.63) is 24.3 Å². The first-order chi connectivity index (χ1) is 13.2. The molecule has 0 spiro atoms. The van der Waals surface area contributed by atoms with Crippen LogP contribution >= 0.6 is 0 Å². The van der Waals surface area contributed by atoms with E-state index in [-0.39, 0.29) is 17.9 Å². The number of piperidine rings is 1. The molecule has 0 aromatic heterocycles. The molecule has 2 amide bonds. The second-order valence-corrected chi connectivity index (χ2v) is 7.44. The molecule has 2 aliphatic rings. The van der Waals surface area contributed by atoms with Gasteiger partial charge in [-0.05, 0) is 56.6 Å². The average molecular weight is 374 g/mol. The van der Waals surface area contributed by atoms with Crippen LogP contribution < -0.4 is 10.1 Å². The average Bonchev–Trinajstić information content (AvgIpc) is 2.73. The molecule has 0 bridgehead atoms. The van der Waals surface area contributed by atoms with E-state index in [1.54, 1.807) is 7.11 Å². The zero-order valence-electron chi connectivity index (χ0n) is 16.1. The van der Waals surface area contributed by atoms with Gasteiger partial charge in [0.15, 0.2) is 0 Å². The minimum atomic E-state index is -0.232. The molecule has 2 aliphatic heterocycles. The Labute approximate surface area is 161 Å². The number of nitrogens with one attached hydrogen (secondary N) is 1. The molecule has 2 saturated heterocycles. The molecule has 0 aliphatic carbocycles. The van der Waals surface area contributed by atoms with Crippen LogP contribution in [0.4, 0.5) is 5.69 Å². The number of amides is 2. The Bertz CT molecular complexity index is 635. The molecule has 1 aromatic rings. The SMILES string of the molecule is COc1cccc(NC(=O)CCC2CCN(C(=O)[C@H]3CCCCO3)CC2)c1. The van der Waals surface area contributed by atoms with E-state index in [0.717, 1.165) is 63.1 Å². The molecule has 0 unspecified atom stereocenters. The van der Waals surface area contributed by atoms with Crippen molar-refractivity contribution in [3.63, 3.8) is 0 Å². The maximum Gasteiger partial charge on any atom is 0.251 e. The van der Waals surface area contributed by atoms with Crippen LogP contribution in [0.1, 0.15) is 44.9 Å². The molecule has 148 valence electrons. The summed E-state index contributed by atoms with van der Waals surface area (Å²) in [6, 6.07) is 7.38. The van der Waals surface area contributed by atoms with Crippen molar-refractivity contribution >= 4 is 17.5 Å². The number of benzene rings is 1. The van der Waals surface area contributed by atoms with Gasteiger partial charge >= 0.3 is 0 Å². The Morgan fingerprint density at radius 3 is 2.74 bits per heavy atom. The molecule has 27 heavy (non-hydrogen) atoms. The van der Waals surface area contributed by atoms with Gasteiger partial charge < -0.3 is 19.7 Å². The Hall–Kier alpha value is -2.08. The number of nitrogens with zero attached hydrogens (tertiary/aromatic N) is 1. The Morgan fingerprint density at radius 2 is 2.04 bits per heavy atom. The van der Waals surface area contributed by atoms with Crippen LogP contribution in [0.2, 0.25) is 0 Å². The van der Waals surface area contributed by atoms with Gasteiger partial charge in [-0.1, -0.05) is 6.07 Å². The minimum Gasteiger partial charge on any atom is -0.497 e. The van der Waals surface area contributed by atoms with Crippen molar-refractivity contribution in [1.29, 1.82) is 0 Å². The number of carbonyl (C=O) groups excluding carboxylic acids is 2. The van der Waals surface area contributed by atoms with Crippen LogP contribution in [0.15, 0.2) is 24.3 Å². The third-order valence-corrected chi connectivity index (χ3v) is 5.51. The first-order valence-electron chi connectivity index (χ1n) is 10.00. The van der Waals surface area contributed by atoms with E-state index in [0.29, 0.717) is 18.9 Å². The van der Waals surface area contributed by atoms with Gasteiger partial charge in [-0.3, -0.25) is 9.59 Å². The van der Waals surface area contributed by atoms with E-state index in [2.05, 4.69) is 5.32 Å². The summed E-state index contributed by atoms with van der Waals surface area (Å²) < 4.78 is 10.8. The number of methoxy groups -OCH3 is 1. The van der Waals surface area contributed by atoms with Crippen LogP contribution in [0.5, 0.6) is 5.75 Å². The van der Waals surface area contributed by atoms with E-state index in [1.807, 2.05) is 29.2 Å². The summed E-state index contributed by atoms with van der Waals surface area (Å²) in [6.45, 7) is 2.26. The molecule has 2 fully saturated rings. The number of rotatable bonds is 6. The number of likely N-dealkylation sites (tertiary alicyclic amines) is 1. The Balaban J connectivity index is 1.37. The number of hydrogen-bond donors (Lipinski definition) is 1. The Kier molecular flexibility index (Phi) is 7.10. The van der Waals surface area contributed by atoms with Gasteiger partial charge in [-0.2, -0.15) is 0 Å². The smallest absolute Gasteiger partial charge is 0.251 e. The van der Waals surface area contributed by atoms with Gasteiger partial charge in [0.25, 0.3) is 5.91 Å². The fraction of sp³-hybridized carbons (Fsp3) is 0.619. The van der Waals surface area contributed by atoms with E-state index in [1.165, 1.54) is 0 Å². The van der Waals surface area contributed by atoms with E-state index >= 15 is 0 Å². The van der Waals surface area contributed by atoms with Crippen molar-refractivity contribution in [1.82, 2.24) is 4.90 Å². The second kappa shape index (κ2) is 9.74. The standard InChI is InChI=1S/C21H30N2O4/c1-26-18-6-4-5-17(15-18)22-20(24)9-8-16-10-12-23(13-11-16)21(25)19-7-2-3-14-27-19/h4-6,15-16,19H,2-3,7-14H2,1H3,(H,22,24)/t19-/m1/s1. The summed E-state index contributed by atoms with van der Waals surface area (Å²) in [5.74, 6) is 1.41. The summed E-state index contributed by atoms with van der Waals surface area (Å²) in [7, 11) is 1.61. The third kappa shape index (κ3) is 5.70. The topological polar surface area (TPSA) is 67.9 Å². The zero-order chi connectivity index (χ0) is 19.1. The molecule has 0 saturated carbocycles. The molecular formula is C21H30N2O4. The number of ether oxygens (including phenoxy) is 2. The molecule has 6 heteroatoms. The lowest BCUT2D eigenvalue weighted by Crippen LogP contribution is -2.45. The van der Waals surface area contributed by atoms with E-state index < -0.39 is 0 Å². The molecule has 2 heterocycles. The van der Waals surface area contributed by atoms with Crippen molar-refractivity contribution in [2.24, 2.45) is 5.92 Å². The largest absolute Gasteiger partial charge is 0.497 e. The van der Waals surface area contributed by atoms with Crippen LogP contribution in [-0.4, -0.2) is 49.6 Å². The summed E-state index contributed by atoms with van der Waals surface area (Å²) in [4.78, 5) is 26.7. The van der Waals surface area contributed by atoms with Crippen LogP contribution in [0.25, 0.3) is 0 Å². The molecule has 1 atom stereocenters. The van der Waals surface area contributed by atoms with Crippen molar-refractivity contribution < 1.29 is 19.1 Å². The van der Waals surface area contributed by atoms with E-state index in [9.17, 15) is 9.59 Å². The van der Waals surface area contributed by atoms with Gasteiger partial charge in [-0.15, -0.1) is 0 Å². The van der Waals surface area contributed by atoms with Crippen molar-refractivity contribution in [2.75, 3.05) is 32.1 Å². The maximum atomic E-state index is 12.5. The molecule has 3 rings (SSSR count). The van der Waals surface area contributed by atoms with Crippen molar-refractivity contribution in [2.45, 2.75) is 51.0 Å². The van der Waals surface area contributed by atoms with Crippen LogP contribution in [0.3, 0.4) is 0 Å². The highest BCUT2D eigenvalue weighted by Crippen LogP contribution is 2.25. The lowest BCUT2D eigenvalue weighted by Gasteiger charge is -2.35. The highest BCUT2D eigenvalue weighted by atomic mass is 16.5. The summed E-state index contributed by atoms with van der Waals surface area (Å²) in [5, 5.41) is 2.93. The molecule has 0 radical (unpaired) electrons. The van der Waals surface area contributed by atoms with E-state index in [4.69, 9.17) is 9.47 Å². The van der Waals surface area contributed by atoms with Gasteiger partial charge in [0.2, 0.25) is 5.91 Å². The normalized spacial score (nSPS) is 20.9. The van der Waals surface area contributed by atoms with Crippen molar-refractivity contribution in [3.8, 4) is 5.75 Å². The van der Waals surface area contributed by atoms with Gasteiger partial charge in [0.1, 0.15) is 11.9 Å². The highest BCUT2D eigenvalue weighted by molar-refractivity contribution is 5.90. The molecular weight excluding hydrogens is 344 g/mol. The molecule has 6 nitrogen and oxygen atoms in total. The summed E-state index contributed by atoms with van der Waals surface area (Å²) in [5.41, 5.74) is 0.757. The quantitative estimate of drug-likeness (QED) is 0.830. The predicted molar refractivity (Wildman–Crippen MR) is 104 cm³/mol. The van der Waals surface area contributed by atoms with Gasteiger partial charge in [0.05, 0.1) is 7.11 Å². The number of carbonyl (C=O) groups is 2. The highest BCUT2D eigenvalue weighted by Gasteiger charge is 2.29. The lowest BCUT2D eigenvalue weighted by molar-refractivity contribution is -0.148. The zero-order valence-corrected chi connectivity index (χ0v) is 16.1. The van der Waals surface area contributed by atoms with Gasteiger partial charge in [-0.25, -0.2) is 0 Å². The third-order valence-electron chi connectivity index (χ3n) is 5.51. The fourth-order valence-corrected chi connectivity index (χ4v) is 3.84.